The fraction of sp³-hybridized carbons (Fsp3) is 0.478. The predicted octanol–water partition coefficient (Wildman–Crippen LogP) is 4.39. The van der Waals surface area contributed by atoms with E-state index in [1.807, 2.05) is 37.4 Å². The number of hydrogen-bond donors (Lipinski definition) is 6. The van der Waals surface area contributed by atoms with E-state index in [1.165, 1.54) is 6.07 Å². The van der Waals surface area contributed by atoms with Crippen LogP contribution in [0.5, 0.6) is 17.2 Å². The molecule has 2 aliphatic carbocycles. The van der Waals surface area contributed by atoms with E-state index in [0.29, 0.717) is 30.7 Å². The molecule has 5 heterocycles. The lowest BCUT2D eigenvalue weighted by molar-refractivity contribution is -0.122. The fourth-order valence-corrected chi connectivity index (χ4v) is 9.93. The van der Waals surface area contributed by atoms with E-state index in [2.05, 4.69) is 40.3 Å². The van der Waals surface area contributed by atoms with Crippen molar-refractivity contribution >= 4 is 11.5 Å². The molecule has 7 N–H and O–H groups in total. The molecule has 8 atom stereocenters. The highest BCUT2D eigenvalue weighted by Crippen LogP contribution is 2.49. The van der Waals surface area contributed by atoms with Crippen molar-refractivity contribution in [1.82, 2.24) is 10.2 Å². The van der Waals surface area contributed by atoms with Gasteiger partial charge in [0.05, 0.1) is 42.0 Å². The number of hydrogen-bond acceptors (Lipinski definition) is 11. The number of ketones is 1. The van der Waals surface area contributed by atoms with Crippen molar-refractivity contribution in [2.24, 2.45) is 33.9 Å². The monoisotopic (exact) mass is 770 g/mol. The molecule has 1 spiro atoms. The Labute approximate surface area is 333 Å². The zero-order chi connectivity index (χ0) is 39.4. The van der Waals surface area contributed by atoms with Crippen molar-refractivity contribution in [2.75, 3.05) is 13.1 Å². The van der Waals surface area contributed by atoms with Gasteiger partial charge in [0.1, 0.15) is 23.7 Å². The molecule has 2 aromatic carbocycles. The topological polar surface area (TPSA) is 170 Å². The zero-order valence-corrected chi connectivity index (χ0v) is 32.2. The smallest absolute Gasteiger partial charge is 0.187 e. The Morgan fingerprint density at radius 2 is 1.95 bits per heavy atom. The van der Waals surface area contributed by atoms with E-state index < -0.39 is 41.8 Å². The fourth-order valence-electron chi connectivity index (χ4n) is 9.93. The van der Waals surface area contributed by atoms with Gasteiger partial charge in [0.15, 0.2) is 17.7 Å². The van der Waals surface area contributed by atoms with Crippen molar-refractivity contribution in [3.8, 4) is 41.1 Å². The number of carbonyl (C=O) groups excluding carboxylic acids is 1. The molecule has 9 rings (SSSR count). The summed E-state index contributed by atoms with van der Waals surface area (Å²) in [5.74, 6) is 9.89. The number of nitrogens with zero attached hydrogens (tertiary/aromatic N) is 2. The highest BCUT2D eigenvalue weighted by atomic mass is 16.5. The predicted molar refractivity (Wildman–Crippen MR) is 214 cm³/mol. The molecule has 0 radical (unpaired) electrons. The first-order chi connectivity index (χ1) is 27.6. The Hall–Kier alpha value is -4.88. The summed E-state index contributed by atoms with van der Waals surface area (Å²) in [5.41, 5.74) is 13.4. The Balaban J connectivity index is 1.06. The number of ether oxygens (including phenoxy) is 2. The van der Waals surface area contributed by atoms with Gasteiger partial charge in [0, 0.05) is 55.8 Å². The minimum absolute atomic E-state index is 0.0559. The van der Waals surface area contributed by atoms with Crippen LogP contribution in [0.3, 0.4) is 0 Å². The second kappa shape index (κ2) is 15.1. The molecule has 11 heteroatoms. The first-order valence-electron chi connectivity index (χ1n) is 20.4. The van der Waals surface area contributed by atoms with E-state index >= 15 is 0 Å². The maximum absolute atomic E-state index is 13.1. The lowest BCUT2D eigenvalue weighted by atomic mass is 9.73. The molecular formula is C46H50N4O7. The highest BCUT2D eigenvalue weighted by molar-refractivity contribution is 6.09. The number of rotatable bonds is 6. The van der Waals surface area contributed by atoms with Crippen LogP contribution in [0.15, 0.2) is 65.0 Å². The van der Waals surface area contributed by atoms with Crippen LogP contribution in [-0.2, 0) is 24.1 Å². The van der Waals surface area contributed by atoms with Gasteiger partial charge in [-0.05, 0) is 77.5 Å². The number of aryl methyl sites for hydroxylation is 1. The molecule has 7 aliphatic rings. The van der Waals surface area contributed by atoms with Gasteiger partial charge in [0.2, 0.25) is 0 Å². The quantitative estimate of drug-likeness (QED) is 0.183. The second-order valence-corrected chi connectivity index (χ2v) is 16.9. The van der Waals surface area contributed by atoms with Crippen LogP contribution in [0.1, 0.15) is 92.0 Å². The lowest BCUT2D eigenvalue weighted by Gasteiger charge is -2.39. The molecular weight excluding hydrogens is 721 g/mol. The van der Waals surface area contributed by atoms with E-state index in [-0.39, 0.29) is 48.6 Å². The molecule has 0 amide bonds. The average Bonchev–Trinajstić information content (AvgIpc) is 3.93. The van der Waals surface area contributed by atoms with Gasteiger partial charge in [0.25, 0.3) is 0 Å². The molecule has 0 aromatic heterocycles. The number of carbonyl (C=O) groups is 1. The van der Waals surface area contributed by atoms with Crippen molar-refractivity contribution in [3.05, 3.63) is 87.8 Å². The van der Waals surface area contributed by atoms with Gasteiger partial charge < -0.3 is 40.5 Å². The average molecular weight is 771 g/mol. The number of phenolic OH excluding ortho intramolecular Hbond substituents is 1. The number of allylic oxidation sites excluding steroid dienone is 2. The lowest BCUT2D eigenvalue weighted by Crippen LogP contribution is -2.47. The van der Waals surface area contributed by atoms with Gasteiger partial charge >= 0.3 is 0 Å². The number of aliphatic hydroxyl groups is 3. The highest BCUT2D eigenvalue weighted by Gasteiger charge is 2.49. The Morgan fingerprint density at radius 3 is 2.77 bits per heavy atom. The third-order valence-electron chi connectivity index (χ3n) is 13.1. The maximum atomic E-state index is 13.1. The molecule has 1 saturated carbocycles. The van der Waals surface area contributed by atoms with Crippen LogP contribution in [0.25, 0.3) is 0 Å². The van der Waals surface area contributed by atoms with Crippen molar-refractivity contribution < 1.29 is 34.7 Å². The number of fused-ring (bicyclic) bond motifs is 8. The number of phenols is 1. The summed E-state index contributed by atoms with van der Waals surface area (Å²) in [7, 11) is 0. The Bertz CT molecular complexity index is 2230. The number of aliphatic imine (C=N–C) groups is 1. The van der Waals surface area contributed by atoms with Crippen LogP contribution in [0.4, 0.5) is 0 Å². The molecule has 2 bridgehead atoms. The molecule has 8 unspecified atom stereocenters. The first kappa shape index (κ1) is 37.7. The number of nitrogens with one attached hydrogen (secondary N) is 1. The summed E-state index contributed by atoms with van der Waals surface area (Å²) in [6, 6.07) is 7.16. The van der Waals surface area contributed by atoms with Crippen molar-refractivity contribution in [2.45, 2.75) is 102 Å². The molecule has 296 valence electrons. The first-order valence-corrected chi connectivity index (χ1v) is 20.4. The number of aromatic hydroxyl groups is 1. The summed E-state index contributed by atoms with van der Waals surface area (Å²) in [4.78, 5) is 20.2. The molecule has 1 fully saturated rings. The number of Topliss-reactive ketones (excluding diaryl/α,β-unsaturated/α-hetero) is 1. The van der Waals surface area contributed by atoms with E-state index in [4.69, 9.17) is 20.2 Å². The van der Waals surface area contributed by atoms with Crippen molar-refractivity contribution in [3.63, 3.8) is 0 Å². The third-order valence-corrected chi connectivity index (χ3v) is 13.1. The van der Waals surface area contributed by atoms with Crippen molar-refractivity contribution in [1.29, 1.82) is 0 Å². The van der Waals surface area contributed by atoms with E-state index in [1.54, 1.807) is 6.07 Å². The normalized spacial score (nSPS) is 29.5. The van der Waals surface area contributed by atoms with Crippen LogP contribution in [-0.4, -0.2) is 68.3 Å². The van der Waals surface area contributed by atoms with Gasteiger partial charge in [-0.25, -0.2) is 0 Å². The Morgan fingerprint density at radius 1 is 1.12 bits per heavy atom. The standard InChI is InChI=1S/C46H50N4O7/c1-26-4-7-33(40(54)18-26)41(55)21-29(51)6-5-27-20-43-42(22-39(27)53)56-17-15-46(13-2-3-14-46)36-10-11-38(52)31-8-9-32-30(12-16-48-44(32)47)34(31)19-28-23-49-37-25-50(24-35(28)37)45(36)57-43/h4,7-9,20,22-24,26,33,36,38,40-41,44-45,48,52-55H,2-3,5-6,12-14,16,18-19,21,25,47H2,1H3. The van der Waals surface area contributed by atoms with Gasteiger partial charge in [-0.2, -0.15) is 0 Å². The third kappa shape index (κ3) is 7.07. The van der Waals surface area contributed by atoms with Crippen LogP contribution < -0.4 is 20.5 Å². The maximum Gasteiger partial charge on any atom is 0.187 e. The summed E-state index contributed by atoms with van der Waals surface area (Å²) >= 11 is 0. The minimum atomic E-state index is -1.07. The number of aliphatic hydroxyl groups excluding tert-OH is 3. The number of benzene rings is 2. The largest absolute Gasteiger partial charge is 0.508 e. The summed E-state index contributed by atoms with van der Waals surface area (Å²) in [6.45, 7) is 3.24. The molecule has 11 nitrogen and oxygen atoms in total. The van der Waals surface area contributed by atoms with Crippen LogP contribution >= 0.6 is 0 Å². The van der Waals surface area contributed by atoms with Gasteiger partial charge in [-0.1, -0.05) is 61.8 Å². The Kier molecular flexibility index (Phi) is 10.0. The second-order valence-electron chi connectivity index (χ2n) is 16.9. The molecule has 57 heavy (non-hydrogen) atoms. The number of nitrogens with two attached hydrogens (primary N) is 1. The van der Waals surface area contributed by atoms with E-state index in [0.717, 1.165) is 77.8 Å². The molecule has 2 aromatic rings. The minimum Gasteiger partial charge on any atom is -0.508 e. The van der Waals surface area contributed by atoms with E-state index in [9.17, 15) is 25.2 Å². The van der Waals surface area contributed by atoms with Gasteiger partial charge in [-0.15, -0.1) is 0 Å². The summed E-state index contributed by atoms with van der Waals surface area (Å²) in [5, 5.41) is 47.8. The van der Waals surface area contributed by atoms with Crippen LogP contribution in [0, 0.1) is 47.0 Å². The summed E-state index contributed by atoms with van der Waals surface area (Å²) in [6.07, 6.45) is 12.6. The van der Waals surface area contributed by atoms with Crippen LogP contribution in [0.2, 0.25) is 0 Å². The SMILES string of the molecule is CC1C=CC(C(O)CC(=O)CCc2cc3c(cc2O)OC#CC2(CCCC2)C2C#CC(O)c4ccc5c(c4CC4=CN=C6CN(C=C46)C2O3)CCNC5N)C(O)C1. The molecule has 0 saturated heterocycles. The summed E-state index contributed by atoms with van der Waals surface area (Å²) < 4.78 is 13.1. The molecule has 5 aliphatic heterocycles. The van der Waals surface area contributed by atoms with Gasteiger partial charge in [-0.3, -0.25) is 15.1 Å². The zero-order valence-electron chi connectivity index (χ0n) is 32.2.